The normalized spacial score (nSPS) is 21.7. The molecular formula is C15H16N2O4. The number of amides is 1. The molecule has 0 aromatic carbocycles. The lowest BCUT2D eigenvalue weighted by Crippen LogP contribution is -2.51. The third kappa shape index (κ3) is 3.41. The summed E-state index contributed by atoms with van der Waals surface area (Å²) in [5.41, 5.74) is 0.498. The summed E-state index contributed by atoms with van der Waals surface area (Å²) >= 11 is 0. The van der Waals surface area contributed by atoms with E-state index in [1.54, 1.807) is 18.3 Å². The summed E-state index contributed by atoms with van der Waals surface area (Å²) in [7, 11) is 0. The number of carbonyl (C=O) groups is 1. The number of rotatable bonds is 4. The molecule has 2 aromatic rings. The molecule has 0 spiro atoms. The van der Waals surface area contributed by atoms with Crippen LogP contribution >= 0.6 is 0 Å². The van der Waals surface area contributed by atoms with E-state index in [-0.39, 0.29) is 18.1 Å². The average molecular weight is 288 g/mol. The van der Waals surface area contributed by atoms with E-state index >= 15 is 0 Å². The maximum Gasteiger partial charge on any atom is 0.254 e. The third-order valence-electron chi connectivity index (χ3n) is 3.31. The maximum atomic E-state index is 12.1. The zero-order valence-electron chi connectivity index (χ0n) is 11.4. The number of nitrogens with one attached hydrogen (secondary N) is 1. The van der Waals surface area contributed by atoms with Crippen LogP contribution in [0.15, 0.2) is 47.4 Å². The summed E-state index contributed by atoms with van der Waals surface area (Å²) in [4.78, 5) is 16.2. The summed E-state index contributed by atoms with van der Waals surface area (Å²) in [6, 6.07) is 6.96. The second-order valence-electron chi connectivity index (χ2n) is 4.78. The molecule has 0 unspecified atom stereocenters. The Bertz CT molecular complexity index is 571. The smallest absolute Gasteiger partial charge is 0.254 e. The Balaban J connectivity index is 1.65. The van der Waals surface area contributed by atoms with Crippen molar-refractivity contribution in [2.75, 3.05) is 13.2 Å². The van der Waals surface area contributed by atoms with Crippen LogP contribution in [0.3, 0.4) is 0 Å². The quantitative estimate of drug-likeness (QED) is 0.926. The van der Waals surface area contributed by atoms with Gasteiger partial charge in [-0.3, -0.25) is 4.79 Å². The molecule has 110 valence electrons. The Kier molecular flexibility index (Phi) is 4.16. The molecule has 2 aromatic heterocycles. The topological polar surface area (TPSA) is 73.6 Å². The first-order valence-electron chi connectivity index (χ1n) is 6.81. The Morgan fingerprint density at radius 1 is 1.38 bits per heavy atom. The van der Waals surface area contributed by atoms with Gasteiger partial charge in [-0.25, -0.2) is 4.98 Å². The summed E-state index contributed by atoms with van der Waals surface area (Å²) in [6.07, 6.45) is 4.99. The fourth-order valence-corrected chi connectivity index (χ4v) is 2.21. The van der Waals surface area contributed by atoms with Crippen LogP contribution in [0.25, 0.3) is 0 Å². The van der Waals surface area contributed by atoms with Crippen LogP contribution in [0.1, 0.15) is 16.8 Å². The van der Waals surface area contributed by atoms with Gasteiger partial charge < -0.3 is 19.2 Å². The molecule has 1 amide bonds. The molecule has 1 saturated heterocycles. The molecule has 0 radical (unpaired) electrons. The lowest BCUT2D eigenvalue weighted by atomic mass is 10.1. The van der Waals surface area contributed by atoms with Crippen molar-refractivity contribution in [3.8, 4) is 5.88 Å². The first-order chi connectivity index (χ1) is 10.3. The second kappa shape index (κ2) is 6.41. The van der Waals surface area contributed by atoms with Gasteiger partial charge in [0.25, 0.3) is 5.91 Å². The molecule has 1 aliphatic rings. The maximum absolute atomic E-state index is 12.1. The van der Waals surface area contributed by atoms with Gasteiger partial charge in [-0.2, -0.15) is 0 Å². The molecule has 21 heavy (non-hydrogen) atoms. The van der Waals surface area contributed by atoms with E-state index in [4.69, 9.17) is 13.9 Å². The predicted octanol–water partition coefficient (Wildman–Crippen LogP) is 1.64. The van der Waals surface area contributed by atoms with Gasteiger partial charge in [0.05, 0.1) is 24.5 Å². The van der Waals surface area contributed by atoms with Crippen LogP contribution in [-0.4, -0.2) is 36.3 Å². The molecule has 1 aliphatic heterocycles. The van der Waals surface area contributed by atoms with Crippen molar-refractivity contribution in [3.63, 3.8) is 0 Å². The van der Waals surface area contributed by atoms with Gasteiger partial charge in [0, 0.05) is 18.9 Å². The van der Waals surface area contributed by atoms with Crippen LogP contribution in [0.2, 0.25) is 0 Å². The number of carbonyl (C=O) groups excluding carboxylic acids is 1. The minimum Gasteiger partial charge on any atom is -0.472 e. The van der Waals surface area contributed by atoms with Crippen molar-refractivity contribution in [2.24, 2.45) is 0 Å². The number of pyridine rings is 1. The number of nitrogens with zero attached hydrogens (tertiary/aromatic N) is 1. The molecule has 0 saturated carbocycles. The first kappa shape index (κ1) is 13.6. The molecular weight excluding hydrogens is 272 g/mol. The molecule has 3 heterocycles. The minimum atomic E-state index is -0.260. The highest BCUT2D eigenvalue weighted by molar-refractivity contribution is 5.94. The molecule has 1 N–H and O–H groups in total. The van der Waals surface area contributed by atoms with E-state index in [9.17, 15) is 4.79 Å². The van der Waals surface area contributed by atoms with Crippen LogP contribution in [-0.2, 0) is 4.74 Å². The zero-order chi connectivity index (χ0) is 14.5. The van der Waals surface area contributed by atoms with Gasteiger partial charge in [-0.15, -0.1) is 0 Å². The third-order valence-corrected chi connectivity index (χ3v) is 3.31. The van der Waals surface area contributed by atoms with Crippen LogP contribution in [0.4, 0.5) is 0 Å². The zero-order valence-corrected chi connectivity index (χ0v) is 11.4. The Morgan fingerprint density at radius 2 is 2.33 bits per heavy atom. The minimum absolute atomic E-state index is 0.122. The fraction of sp³-hybridized carbons (Fsp3) is 0.333. The van der Waals surface area contributed by atoms with Crippen molar-refractivity contribution < 1.29 is 18.7 Å². The number of hydrogen-bond donors (Lipinski definition) is 1. The molecule has 0 bridgehead atoms. The van der Waals surface area contributed by atoms with E-state index < -0.39 is 0 Å². The van der Waals surface area contributed by atoms with Gasteiger partial charge in [-0.05, 0) is 18.6 Å². The molecule has 0 aliphatic carbocycles. The van der Waals surface area contributed by atoms with Gasteiger partial charge in [0.2, 0.25) is 5.88 Å². The highest BCUT2D eigenvalue weighted by Crippen LogP contribution is 2.16. The Morgan fingerprint density at radius 3 is 3.10 bits per heavy atom. The van der Waals surface area contributed by atoms with Crippen molar-refractivity contribution in [2.45, 2.75) is 18.6 Å². The van der Waals surface area contributed by atoms with Gasteiger partial charge in [0.15, 0.2) is 0 Å². The lowest BCUT2D eigenvalue weighted by molar-refractivity contribution is -0.0153. The van der Waals surface area contributed by atoms with Crippen molar-refractivity contribution in [3.05, 3.63) is 48.6 Å². The van der Waals surface area contributed by atoms with E-state index in [0.717, 1.165) is 0 Å². The molecule has 6 nitrogen and oxygen atoms in total. The van der Waals surface area contributed by atoms with Crippen LogP contribution < -0.4 is 10.1 Å². The van der Waals surface area contributed by atoms with Gasteiger partial charge in [0.1, 0.15) is 12.4 Å². The summed E-state index contributed by atoms with van der Waals surface area (Å²) < 4.78 is 16.2. The van der Waals surface area contributed by atoms with Gasteiger partial charge in [-0.1, -0.05) is 6.07 Å². The van der Waals surface area contributed by atoms with Crippen molar-refractivity contribution >= 4 is 5.91 Å². The highest BCUT2D eigenvalue weighted by Gasteiger charge is 2.29. The standard InChI is InChI=1S/C15H16N2O4/c18-15(11-4-7-19-9-11)17-12-5-8-20-10-13(12)21-14-3-1-2-6-16-14/h1-4,6-7,9,12-13H,5,8,10H2,(H,17,18)/t12-,13-/m1/s1. The number of aromatic nitrogens is 1. The second-order valence-corrected chi connectivity index (χ2v) is 4.78. The summed E-state index contributed by atoms with van der Waals surface area (Å²) in [5, 5.41) is 2.96. The van der Waals surface area contributed by atoms with Crippen molar-refractivity contribution in [1.82, 2.24) is 10.3 Å². The monoisotopic (exact) mass is 288 g/mol. The number of furan rings is 1. The van der Waals surface area contributed by atoms with E-state index in [2.05, 4.69) is 10.3 Å². The van der Waals surface area contributed by atoms with Gasteiger partial charge >= 0.3 is 0 Å². The van der Waals surface area contributed by atoms with Crippen molar-refractivity contribution in [1.29, 1.82) is 0 Å². The SMILES string of the molecule is O=C(N[C@@H]1CCOC[C@H]1Oc1ccccn1)c1ccoc1. The highest BCUT2D eigenvalue weighted by atomic mass is 16.5. The lowest BCUT2D eigenvalue weighted by Gasteiger charge is -2.31. The predicted molar refractivity (Wildman–Crippen MR) is 74.1 cm³/mol. The molecule has 6 heteroatoms. The Hall–Kier alpha value is -2.34. The summed E-state index contributed by atoms with van der Waals surface area (Å²) in [5.74, 6) is 0.348. The van der Waals surface area contributed by atoms with Crippen LogP contribution in [0, 0.1) is 0 Å². The van der Waals surface area contributed by atoms with Crippen LogP contribution in [0.5, 0.6) is 5.88 Å². The number of ether oxygens (including phenoxy) is 2. The van der Waals surface area contributed by atoms with E-state index in [0.29, 0.717) is 31.1 Å². The summed E-state index contributed by atoms with van der Waals surface area (Å²) in [6.45, 7) is 1.02. The largest absolute Gasteiger partial charge is 0.472 e. The first-order valence-corrected chi connectivity index (χ1v) is 6.81. The molecule has 3 rings (SSSR count). The Labute approximate surface area is 122 Å². The molecule has 2 atom stereocenters. The molecule has 1 fully saturated rings. The van der Waals surface area contributed by atoms with E-state index in [1.165, 1.54) is 12.5 Å². The van der Waals surface area contributed by atoms with E-state index in [1.807, 2.05) is 12.1 Å². The number of hydrogen-bond acceptors (Lipinski definition) is 5. The average Bonchev–Trinajstić information content (AvgIpc) is 3.05. The fourth-order valence-electron chi connectivity index (χ4n) is 2.21.